The minimum Gasteiger partial charge on any atom is -0.493 e. The van der Waals surface area contributed by atoms with Crippen LogP contribution in [0.3, 0.4) is 0 Å². The zero-order valence-corrected chi connectivity index (χ0v) is 12.5. The van der Waals surface area contributed by atoms with Crippen molar-refractivity contribution in [3.8, 4) is 5.75 Å². The highest BCUT2D eigenvalue weighted by atomic mass is 19.2. The molecule has 1 aromatic rings. The second kappa shape index (κ2) is 8.56. The van der Waals surface area contributed by atoms with Gasteiger partial charge in [0.15, 0.2) is 11.6 Å². The van der Waals surface area contributed by atoms with E-state index in [1.807, 2.05) is 13.8 Å². The van der Waals surface area contributed by atoms with Gasteiger partial charge in [0, 0.05) is 18.5 Å². The minimum atomic E-state index is -0.963. The van der Waals surface area contributed by atoms with Gasteiger partial charge in [-0.3, -0.25) is 4.79 Å². The van der Waals surface area contributed by atoms with Crippen molar-refractivity contribution < 1.29 is 23.0 Å². The maximum Gasteiger partial charge on any atom is 0.323 e. The van der Waals surface area contributed by atoms with Gasteiger partial charge in [-0.05, 0) is 19.1 Å². The van der Waals surface area contributed by atoms with E-state index < -0.39 is 17.7 Å². The lowest BCUT2D eigenvalue weighted by Crippen LogP contribution is -2.42. The molecule has 4 nitrogen and oxygen atoms in total. The molecule has 0 fully saturated rings. The normalized spacial score (nSPS) is 12.3. The molecule has 1 rings (SSSR count). The lowest BCUT2D eigenvalue weighted by atomic mass is 10.2. The number of carbonyl (C=O) groups is 1. The average molecular weight is 301 g/mol. The first-order valence-electron chi connectivity index (χ1n) is 6.94. The van der Waals surface area contributed by atoms with E-state index in [-0.39, 0.29) is 24.4 Å². The van der Waals surface area contributed by atoms with E-state index in [4.69, 9.17) is 9.47 Å². The van der Waals surface area contributed by atoms with Crippen LogP contribution >= 0.6 is 0 Å². The summed E-state index contributed by atoms with van der Waals surface area (Å²) < 4.78 is 36.1. The summed E-state index contributed by atoms with van der Waals surface area (Å²) in [5, 5.41) is 3.08. The zero-order valence-electron chi connectivity index (χ0n) is 12.5. The van der Waals surface area contributed by atoms with E-state index in [9.17, 15) is 13.6 Å². The van der Waals surface area contributed by atoms with Crippen molar-refractivity contribution in [2.75, 3.05) is 13.2 Å². The van der Waals surface area contributed by atoms with E-state index in [1.54, 1.807) is 6.92 Å². The Morgan fingerprint density at radius 2 is 2.00 bits per heavy atom. The van der Waals surface area contributed by atoms with Crippen LogP contribution in [0, 0.1) is 11.6 Å². The molecule has 0 heterocycles. The molecular formula is C15H21F2NO3. The Hall–Kier alpha value is -1.69. The first kappa shape index (κ1) is 17.4. The van der Waals surface area contributed by atoms with E-state index >= 15 is 0 Å². The Kier molecular flexibility index (Phi) is 7.08. The molecule has 1 N–H and O–H groups in total. The van der Waals surface area contributed by atoms with Crippen LogP contribution in [-0.2, 0) is 9.53 Å². The molecule has 118 valence electrons. The summed E-state index contributed by atoms with van der Waals surface area (Å²) in [6.07, 6.45) is 0.371. The summed E-state index contributed by atoms with van der Waals surface area (Å²) >= 11 is 0. The van der Waals surface area contributed by atoms with Gasteiger partial charge in [0.2, 0.25) is 0 Å². The average Bonchev–Trinajstić information content (AvgIpc) is 2.41. The molecule has 21 heavy (non-hydrogen) atoms. The molecular weight excluding hydrogens is 280 g/mol. The van der Waals surface area contributed by atoms with Crippen LogP contribution in [0.2, 0.25) is 0 Å². The number of hydrogen-bond donors (Lipinski definition) is 1. The van der Waals surface area contributed by atoms with Crippen molar-refractivity contribution in [2.45, 2.75) is 39.3 Å². The van der Waals surface area contributed by atoms with Crippen LogP contribution in [0.25, 0.3) is 0 Å². The number of hydrogen-bond acceptors (Lipinski definition) is 4. The molecule has 0 aliphatic heterocycles. The van der Waals surface area contributed by atoms with Gasteiger partial charge in [-0.25, -0.2) is 8.78 Å². The smallest absolute Gasteiger partial charge is 0.323 e. The Bertz CT molecular complexity index is 466. The highest BCUT2D eigenvalue weighted by Gasteiger charge is 2.20. The molecule has 0 aromatic heterocycles. The van der Waals surface area contributed by atoms with E-state index in [0.29, 0.717) is 13.0 Å². The maximum absolute atomic E-state index is 13.0. The fraction of sp³-hybridized carbons (Fsp3) is 0.533. The molecule has 0 aliphatic rings. The second-order valence-electron chi connectivity index (χ2n) is 4.84. The number of ether oxygens (including phenoxy) is 2. The molecule has 1 unspecified atom stereocenters. The van der Waals surface area contributed by atoms with Crippen molar-refractivity contribution in [3.63, 3.8) is 0 Å². The third-order valence-corrected chi connectivity index (χ3v) is 2.67. The number of nitrogens with one attached hydrogen (secondary N) is 1. The van der Waals surface area contributed by atoms with Crippen molar-refractivity contribution in [1.29, 1.82) is 0 Å². The van der Waals surface area contributed by atoms with Gasteiger partial charge in [-0.1, -0.05) is 13.8 Å². The summed E-state index contributed by atoms with van der Waals surface area (Å²) in [5.74, 6) is -2.01. The largest absolute Gasteiger partial charge is 0.493 e. The highest BCUT2D eigenvalue weighted by molar-refractivity contribution is 5.75. The van der Waals surface area contributed by atoms with Gasteiger partial charge < -0.3 is 14.8 Å². The fourth-order valence-corrected chi connectivity index (χ4v) is 1.78. The molecule has 6 heteroatoms. The van der Waals surface area contributed by atoms with E-state index in [0.717, 1.165) is 12.1 Å². The van der Waals surface area contributed by atoms with Gasteiger partial charge in [-0.15, -0.1) is 0 Å². The van der Waals surface area contributed by atoms with Crippen molar-refractivity contribution in [3.05, 3.63) is 29.8 Å². The number of benzene rings is 1. The van der Waals surface area contributed by atoms with Crippen molar-refractivity contribution in [1.82, 2.24) is 5.32 Å². The number of rotatable bonds is 8. The quantitative estimate of drug-likeness (QED) is 0.750. The Labute approximate surface area is 123 Å². The molecule has 0 radical (unpaired) electrons. The molecule has 0 saturated heterocycles. The lowest BCUT2D eigenvalue weighted by Gasteiger charge is -2.19. The minimum absolute atomic E-state index is 0.114. The van der Waals surface area contributed by atoms with Gasteiger partial charge in [0.1, 0.15) is 11.8 Å². The highest BCUT2D eigenvalue weighted by Crippen LogP contribution is 2.15. The molecule has 0 spiro atoms. The summed E-state index contributed by atoms with van der Waals surface area (Å²) in [4.78, 5) is 11.8. The summed E-state index contributed by atoms with van der Waals surface area (Å²) in [7, 11) is 0. The predicted octanol–water partition coefficient (Wildman–Crippen LogP) is 2.66. The standard InChI is InChI=1S/C15H21F2NO3/c1-4-20-15(19)14(18-10(2)3)7-8-21-11-5-6-12(16)13(17)9-11/h5-6,9-10,14,18H,4,7-8H2,1-3H3. The van der Waals surface area contributed by atoms with Crippen molar-refractivity contribution >= 4 is 5.97 Å². The molecule has 0 aliphatic carbocycles. The van der Waals surface area contributed by atoms with Crippen LogP contribution in [-0.4, -0.2) is 31.3 Å². The van der Waals surface area contributed by atoms with Crippen LogP contribution in [0.5, 0.6) is 5.75 Å². The topological polar surface area (TPSA) is 47.6 Å². The zero-order chi connectivity index (χ0) is 15.8. The molecule has 0 bridgehead atoms. The van der Waals surface area contributed by atoms with Gasteiger partial charge in [0.25, 0.3) is 0 Å². The number of esters is 1. The monoisotopic (exact) mass is 301 g/mol. The summed E-state index contributed by atoms with van der Waals surface area (Å²) in [6.45, 7) is 6.07. The fourth-order valence-electron chi connectivity index (χ4n) is 1.78. The summed E-state index contributed by atoms with van der Waals surface area (Å²) in [6, 6.07) is 2.94. The maximum atomic E-state index is 13.0. The Morgan fingerprint density at radius 1 is 1.29 bits per heavy atom. The number of carbonyl (C=O) groups excluding carboxylic acids is 1. The van der Waals surface area contributed by atoms with Gasteiger partial charge in [-0.2, -0.15) is 0 Å². The molecule has 0 amide bonds. The van der Waals surface area contributed by atoms with E-state index in [2.05, 4.69) is 5.32 Å². The summed E-state index contributed by atoms with van der Waals surface area (Å²) in [5.41, 5.74) is 0. The third-order valence-electron chi connectivity index (χ3n) is 2.67. The molecule has 1 atom stereocenters. The Balaban J connectivity index is 2.52. The predicted molar refractivity (Wildman–Crippen MR) is 75.2 cm³/mol. The first-order valence-corrected chi connectivity index (χ1v) is 6.94. The van der Waals surface area contributed by atoms with E-state index in [1.165, 1.54) is 6.07 Å². The molecule has 1 aromatic carbocycles. The SMILES string of the molecule is CCOC(=O)C(CCOc1ccc(F)c(F)c1)NC(C)C. The van der Waals surface area contributed by atoms with Crippen LogP contribution in [0.1, 0.15) is 27.2 Å². The van der Waals surface area contributed by atoms with Gasteiger partial charge in [0.05, 0.1) is 13.2 Å². The number of halogens is 2. The van der Waals surface area contributed by atoms with Gasteiger partial charge >= 0.3 is 5.97 Å². The van der Waals surface area contributed by atoms with Crippen molar-refractivity contribution in [2.24, 2.45) is 0 Å². The third kappa shape index (κ3) is 6.08. The van der Waals surface area contributed by atoms with Crippen LogP contribution in [0.15, 0.2) is 18.2 Å². The van der Waals surface area contributed by atoms with Crippen LogP contribution in [0.4, 0.5) is 8.78 Å². The molecule has 0 saturated carbocycles. The van der Waals surface area contributed by atoms with Crippen LogP contribution < -0.4 is 10.1 Å². The first-order chi connectivity index (χ1) is 9.93. The lowest BCUT2D eigenvalue weighted by molar-refractivity contribution is -0.146. The second-order valence-corrected chi connectivity index (χ2v) is 4.84. The Morgan fingerprint density at radius 3 is 2.57 bits per heavy atom.